The maximum Gasteiger partial charge on any atom is 0.319 e. The van der Waals surface area contributed by atoms with E-state index < -0.39 is 0 Å². The number of hydrogen-bond acceptors (Lipinski definition) is 2. The quantitative estimate of drug-likeness (QED) is 0.873. The number of hydrogen-bond donors (Lipinski definition) is 2. The summed E-state index contributed by atoms with van der Waals surface area (Å²) < 4.78 is 5.48. The van der Waals surface area contributed by atoms with Crippen LogP contribution in [0.5, 0.6) is 5.75 Å². The number of para-hydroxylation sites is 2. The number of carbonyl (C=O) groups is 1. The van der Waals surface area contributed by atoms with E-state index >= 15 is 0 Å². The molecule has 0 fully saturated rings. The van der Waals surface area contributed by atoms with E-state index in [1.807, 2.05) is 68.4 Å². The summed E-state index contributed by atoms with van der Waals surface area (Å²) in [5, 5.41) is 5.73. The Morgan fingerprint density at radius 1 is 1.10 bits per heavy atom. The fourth-order valence-corrected chi connectivity index (χ4v) is 2.03. The van der Waals surface area contributed by atoms with Gasteiger partial charge < -0.3 is 15.4 Å². The minimum Gasteiger partial charge on any atom is -0.492 e. The zero-order chi connectivity index (χ0) is 15.1. The van der Waals surface area contributed by atoms with Crippen molar-refractivity contribution < 1.29 is 9.53 Å². The van der Waals surface area contributed by atoms with Gasteiger partial charge in [0.05, 0.1) is 18.3 Å². The molecule has 0 radical (unpaired) electrons. The molecule has 2 rings (SSSR count). The molecule has 110 valence electrons. The topological polar surface area (TPSA) is 50.4 Å². The minimum atomic E-state index is -0.251. The molecule has 21 heavy (non-hydrogen) atoms. The molecule has 1 atom stereocenters. The van der Waals surface area contributed by atoms with E-state index in [4.69, 9.17) is 4.74 Å². The van der Waals surface area contributed by atoms with Crippen molar-refractivity contribution >= 4 is 11.7 Å². The summed E-state index contributed by atoms with van der Waals surface area (Å²) in [6.07, 6.45) is 0. The second kappa shape index (κ2) is 7.33. The van der Waals surface area contributed by atoms with Gasteiger partial charge in [0.2, 0.25) is 0 Å². The number of anilines is 1. The lowest BCUT2D eigenvalue weighted by molar-refractivity contribution is 0.249. The van der Waals surface area contributed by atoms with E-state index in [1.54, 1.807) is 0 Å². The van der Waals surface area contributed by atoms with Crippen molar-refractivity contribution in [2.45, 2.75) is 19.9 Å². The second-order valence-electron chi connectivity index (χ2n) is 4.66. The Morgan fingerprint density at radius 2 is 1.76 bits per heavy atom. The lowest BCUT2D eigenvalue weighted by Crippen LogP contribution is -2.31. The molecule has 0 bridgehead atoms. The molecule has 0 aliphatic rings. The summed E-state index contributed by atoms with van der Waals surface area (Å²) in [7, 11) is 0. The highest BCUT2D eigenvalue weighted by molar-refractivity contribution is 5.91. The molecule has 0 saturated heterocycles. The summed E-state index contributed by atoms with van der Waals surface area (Å²) in [4.78, 5) is 12.1. The molecule has 0 aliphatic carbocycles. The third kappa shape index (κ3) is 4.24. The van der Waals surface area contributed by atoms with Gasteiger partial charge in [-0.05, 0) is 31.5 Å². The summed E-state index contributed by atoms with van der Waals surface area (Å²) in [5.74, 6) is 0.669. The van der Waals surface area contributed by atoms with Crippen molar-refractivity contribution in [1.82, 2.24) is 5.32 Å². The van der Waals surface area contributed by atoms with Crippen LogP contribution in [0.25, 0.3) is 0 Å². The van der Waals surface area contributed by atoms with E-state index in [1.165, 1.54) is 0 Å². The number of amides is 2. The maximum absolute atomic E-state index is 12.1. The third-order valence-electron chi connectivity index (χ3n) is 3.08. The molecule has 0 heterocycles. The van der Waals surface area contributed by atoms with Crippen LogP contribution < -0.4 is 15.4 Å². The molecule has 2 aromatic rings. The Kier molecular flexibility index (Phi) is 5.21. The first-order valence-electron chi connectivity index (χ1n) is 7.05. The normalized spacial score (nSPS) is 11.5. The van der Waals surface area contributed by atoms with Crippen LogP contribution in [0, 0.1) is 0 Å². The molecule has 0 spiro atoms. The van der Waals surface area contributed by atoms with Crippen LogP contribution in [-0.2, 0) is 0 Å². The highest BCUT2D eigenvalue weighted by atomic mass is 16.5. The largest absolute Gasteiger partial charge is 0.492 e. The van der Waals surface area contributed by atoms with Gasteiger partial charge >= 0.3 is 6.03 Å². The van der Waals surface area contributed by atoms with Gasteiger partial charge in [0, 0.05) is 0 Å². The van der Waals surface area contributed by atoms with Gasteiger partial charge in [-0.25, -0.2) is 4.79 Å². The van der Waals surface area contributed by atoms with Crippen molar-refractivity contribution in [3.63, 3.8) is 0 Å². The second-order valence-corrected chi connectivity index (χ2v) is 4.66. The van der Waals surface area contributed by atoms with Crippen LogP contribution in [-0.4, -0.2) is 12.6 Å². The van der Waals surface area contributed by atoms with Gasteiger partial charge in [-0.3, -0.25) is 0 Å². The summed E-state index contributed by atoms with van der Waals surface area (Å²) in [6.45, 7) is 4.42. The average molecular weight is 284 g/mol. The van der Waals surface area contributed by atoms with Crippen molar-refractivity contribution in [3.8, 4) is 5.75 Å². The molecule has 4 nitrogen and oxygen atoms in total. The van der Waals surface area contributed by atoms with Crippen molar-refractivity contribution in [1.29, 1.82) is 0 Å². The van der Waals surface area contributed by atoms with Gasteiger partial charge in [-0.2, -0.15) is 0 Å². The van der Waals surface area contributed by atoms with Gasteiger partial charge in [0.15, 0.2) is 0 Å². The van der Waals surface area contributed by atoms with Crippen molar-refractivity contribution in [2.75, 3.05) is 11.9 Å². The van der Waals surface area contributed by atoms with Crippen molar-refractivity contribution in [2.24, 2.45) is 0 Å². The smallest absolute Gasteiger partial charge is 0.319 e. The number of rotatable bonds is 5. The van der Waals surface area contributed by atoms with Gasteiger partial charge in [-0.1, -0.05) is 42.5 Å². The SMILES string of the molecule is CCOc1ccccc1NC(=O)N[C@@H](C)c1ccccc1. The summed E-state index contributed by atoms with van der Waals surface area (Å²) >= 11 is 0. The van der Waals surface area contributed by atoms with E-state index in [-0.39, 0.29) is 12.1 Å². The number of benzene rings is 2. The number of carbonyl (C=O) groups excluding carboxylic acids is 1. The maximum atomic E-state index is 12.1. The fourth-order valence-electron chi connectivity index (χ4n) is 2.03. The molecule has 2 aromatic carbocycles. The Balaban J connectivity index is 1.99. The Morgan fingerprint density at radius 3 is 2.48 bits per heavy atom. The molecule has 0 aromatic heterocycles. The monoisotopic (exact) mass is 284 g/mol. The van der Waals surface area contributed by atoms with Crippen LogP contribution in [0.3, 0.4) is 0 Å². The Labute approximate surface area is 125 Å². The van der Waals surface area contributed by atoms with E-state index in [2.05, 4.69) is 10.6 Å². The number of urea groups is 1. The van der Waals surface area contributed by atoms with E-state index in [0.29, 0.717) is 18.0 Å². The van der Waals surface area contributed by atoms with Crippen LogP contribution in [0.4, 0.5) is 10.5 Å². The highest BCUT2D eigenvalue weighted by Crippen LogP contribution is 2.23. The van der Waals surface area contributed by atoms with Crippen LogP contribution >= 0.6 is 0 Å². The molecule has 0 saturated carbocycles. The van der Waals surface area contributed by atoms with Crippen LogP contribution in [0.15, 0.2) is 54.6 Å². The van der Waals surface area contributed by atoms with Gasteiger partial charge in [-0.15, -0.1) is 0 Å². The zero-order valence-corrected chi connectivity index (χ0v) is 12.3. The van der Waals surface area contributed by atoms with Crippen LogP contribution in [0.1, 0.15) is 25.5 Å². The standard InChI is InChI=1S/C17H20N2O2/c1-3-21-16-12-8-7-11-15(16)19-17(20)18-13(2)14-9-5-4-6-10-14/h4-13H,3H2,1-2H3,(H2,18,19,20)/t13-/m0/s1. The van der Waals surface area contributed by atoms with Gasteiger partial charge in [0.1, 0.15) is 5.75 Å². The number of nitrogens with one attached hydrogen (secondary N) is 2. The predicted octanol–water partition coefficient (Wildman–Crippen LogP) is 3.97. The number of ether oxygens (including phenoxy) is 1. The molecule has 4 heteroatoms. The van der Waals surface area contributed by atoms with Gasteiger partial charge in [0.25, 0.3) is 0 Å². The first-order chi connectivity index (χ1) is 10.2. The predicted molar refractivity (Wildman–Crippen MR) is 84.6 cm³/mol. The average Bonchev–Trinajstić information content (AvgIpc) is 2.50. The first kappa shape index (κ1) is 14.9. The zero-order valence-electron chi connectivity index (χ0n) is 12.3. The molecular formula is C17H20N2O2. The molecule has 2 N–H and O–H groups in total. The molecule has 2 amide bonds. The molecule has 0 aliphatic heterocycles. The fraction of sp³-hybridized carbons (Fsp3) is 0.235. The third-order valence-corrected chi connectivity index (χ3v) is 3.08. The molecule has 0 unspecified atom stereocenters. The summed E-state index contributed by atoms with van der Waals surface area (Å²) in [6, 6.07) is 16.9. The van der Waals surface area contributed by atoms with Crippen molar-refractivity contribution in [3.05, 3.63) is 60.2 Å². The highest BCUT2D eigenvalue weighted by Gasteiger charge is 2.11. The Bertz CT molecular complexity index is 584. The minimum absolute atomic E-state index is 0.0644. The lowest BCUT2D eigenvalue weighted by atomic mass is 10.1. The van der Waals surface area contributed by atoms with E-state index in [0.717, 1.165) is 5.56 Å². The van der Waals surface area contributed by atoms with Crippen LogP contribution in [0.2, 0.25) is 0 Å². The van der Waals surface area contributed by atoms with E-state index in [9.17, 15) is 4.79 Å². The Hall–Kier alpha value is -2.49. The summed E-state index contributed by atoms with van der Waals surface area (Å²) in [5.41, 5.74) is 1.72. The first-order valence-corrected chi connectivity index (χ1v) is 7.05. The molecular weight excluding hydrogens is 264 g/mol. The lowest BCUT2D eigenvalue weighted by Gasteiger charge is -2.16.